The van der Waals surface area contributed by atoms with Gasteiger partial charge in [0.2, 0.25) is 0 Å². The van der Waals surface area contributed by atoms with E-state index in [1.165, 1.54) is 7.05 Å². The fourth-order valence-corrected chi connectivity index (χ4v) is 3.16. The van der Waals surface area contributed by atoms with E-state index in [4.69, 9.17) is 11.6 Å². The predicted octanol–water partition coefficient (Wildman–Crippen LogP) is 4.87. The maximum atomic E-state index is 13.3. The molecule has 0 aliphatic carbocycles. The molecule has 1 nitrogen and oxygen atoms in total. The van der Waals surface area contributed by atoms with Crippen LogP contribution < -0.4 is 5.32 Å². The predicted molar refractivity (Wildman–Crippen MR) is 71.6 cm³/mol. The average molecular weight is 324 g/mol. The molecular formula is C13H10ClF4NS. The Bertz CT molecular complexity index is 609. The standard InChI is InChI=1S/C13H10ClF4NS/c1-19-12(10-4-5-11(14)20-10)8-6-7(15)2-3-9(8)13(16,17)18/h2-6,12,19H,1H3. The van der Waals surface area contributed by atoms with E-state index in [0.29, 0.717) is 9.21 Å². The van der Waals surface area contributed by atoms with Crippen LogP contribution in [0, 0.1) is 5.82 Å². The third-order valence-corrected chi connectivity index (χ3v) is 4.09. The van der Waals surface area contributed by atoms with Gasteiger partial charge in [0.25, 0.3) is 0 Å². The summed E-state index contributed by atoms with van der Waals surface area (Å²) in [6, 6.07) is 4.92. The van der Waals surface area contributed by atoms with Crippen LogP contribution in [0.15, 0.2) is 30.3 Å². The minimum absolute atomic E-state index is 0.154. The molecule has 2 aromatic rings. The van der Waals surface area contributed by atoms with Crippen molar-refractivity contribution in [3.8, 4) is 0 Å². The van der Waals surface area contributed by atoms with Crippen LogP contribution in [0.2, 0.25) is 4.34 Å². The highest BCUT2D eigenvalue weighted by atomic mass is 35.5. The molecule has 1 unspecified atom stereocenters. The van der Waals surface area contributed by atoms with Gasteiger partial charge in [0.05, 0.1) is 15.9 Å². The molecule has 7 heteroatoms. The Morgan fingerprint density at radius 2 is 1.90 bits per heavy atom. The van der Waals surface area contributed by atoms with E-state index in [-0.39, 0.29) is 5.56 Å². The largest absolute Gasteiger partial charge is 0.416 e. The van der Waals surface area contributed by atoms with Crippen molar-refractivity contribution in [3.05, 3.63) is 56.5 Å². The molecule has 0 saturated heterocycles. The van der Waals surface area contributed by atoms with Crippen molar-refractivity contribution in [2.45, 2.75) is 12.2 Å². The zero-order valence-electron chi connectivity index (χ0n) is 10.3. The van der Waals surface area contributed by atoms with Crippen LogP contribution in [-0.4, -0.2) is 7.05 Å². The number of hydrogen-bond donors (Lipinski definition) is 1. The summed E-state index contributed by atoms with van der Waals surface area (Å²) < 4.78 is 52.9. The molecule has 0 saturated carbocycles. The van der Waals surface area contributed by atoms with E-state index < -0.39 is 23.6 Å². The van der Waals surface area contributed by atoms with Crippen LogP contribution in [0.1, 0.15) is 22.0 Å². The minimum Gasteiger partial charge on any atom is -0.309 e. The molecule has 0 amide bonds. The van der Waals surface area contributed by atoms with Crippen LogP contribution in [0.3, 0.4) is 0 Å². The van der Waals surface area contributed by atoms with Crippen LogP contribution in [-0.2, 0) is 6.18 Å². The van der Waals surface area contributed by atoms with Crippen molar-refractivity contribution in [2.24, 2.45) is 0 Å². The van der Waals surface area contributed by atoms with Gasteiger partial charge in [-0.2, -0.15) is 13.2 Å². The van der Waals surface area contributed by atoms with E-state index in [1.54, 1.807) is 12.1 Å². The topological polar surface area (TPSA) is 12.0 Å². The highest BCUT2D eigenvalue weighted by Crippen LogP contribution is 2.39. The number of halogens is 5. The zero-order chi connectivity index (χ0) is 14.9. The van der Waals surface area contributed by atoms with Gasteiger partial charge >= 0.3 is 6.18 Å². The molecule has 0 radical (unpaired) electrons. The summed E-state index contributed by atoms with van der Waals surface area (Å²) in [7, 11) is 1.52. The summed E-state index contributed by atoms with van der Waals surface area (Å²) >= 11 is 6.96. The lowest BCUT2D eigenvalue weighted by atomic mass is 9.98. The Morgan fingerprint density at radius 3 is 2.40 bits per heavy atom. The highest BCUT2D eigenvalue weighted by Gasteiger charge is 2.35. The van der Waals surface area contributed by atoms with E-state index in [0.717, 1.165) is 29.5 Å². The molecule has 1 aromatic heterocycles. The second-order valence-corrected chi connectivity index (χ2v) is 5.84. The zero-order valence-corrected chi connectivity index (χ0v) is 11.8. The lowest BCUT2D eigenvalue weighted by molar-refractivity contribution is -0.138. The lowest BCUT2D eigenvalue weighted by Crippen LogP contribution is -2.21. The normalized spacial score (nSPS) is 13.5. The molecule has 0 aliphatic heterocycles. The molecule has 1 heterocycles. The highest BCUT2D eigenvalue weighted by molar-refractivity contribution is 7.16. The van der Waals surface area contributed by atoms with E-state index in [9.17, 15) is 17.6 Å². The quantitative estimate of drug-likeness (QED) is 0.795. The van der Waals surface area contributed by atoms with E-state index >= 15 is 0 Å². The van der Waals surface area contributed by atoms with Crippen molar-refractivity contribution >= 4 is 22.9 Å². The molecular weight excluding hydrogens is 314 g/mol. The maximum Gasteiger partial charge on any atom is 0.416 e. The smallest absolute Gasteiger partial charge is 0.309 e. The van der Waals surface area contributed by atoms with Gasteiger partial charge in [-0.05, 0) is 42.9 Å². The van der Waals surface area contributed by atoms with Gasteiger partial charge in [-0.1, -0.05) is 11.6 Å². The second-order valence-electron chi connectivity index (χ2n) is 4.09. The number of alkyl halides is 3. The Kier molecular flexibility index (Phi) is 4.36. The van der Waals surface area contributed by atoms with Gasteiger partial charge in [-0.3, -0.25) is 0 Å². The van der Waals surface area contributed by atoms with E-state index in [2.05, 4.69) is 5.32 Å². The summed E-state index contributed by atoms with van der Waals surface area (Å²) in [5.41, 5.74) is -1.01. The molecule has 0 fully saturated rings. The fraction of sp³-hybridized carbons (Fsp3) is 0.231. The Hall–Kier alpha value is -1.11. The number of nitrogens with one attached hydrogen (secondary N) is 1. The first kappa shape index (κ1) is 15.3. The van der Waals surface area contributed by atoms with Crippen LogP contribution >= 0.6 is 22.9 Å². The van der Waals surface area contributed by atoms with Gasteiger partial charge in [-0.15, -0.1) is 11.3 Å². The first-order valence-electron chi connectivity index (χ1n) is 5.62. The molecule has 108 valence electrons. The number of rotatable bonds is 3. The Balaban J connectivity index is 2.56. The van der Waals surface area contributed by atoms with Crippen molar-refractivity contribution < 1.29 is 17.6 Å². The molecule has 0 spiro atoms. The molecule has 1 N–H and O–H groups in total. The number of benzene rings is 1. The van der Waals surface area contributed by atoms with Crippen LogP contribution in [0.25, 0.3) is 0 Å². The summed E-state index contributed by atoms with van der Waals surface area (Å²) in [6.45, 7) is 0. The summed E-state index contributed by atoms with van der Waals surface area (Å²) in [5.74, 6) is -0.712. The summed E-state index contributed by atoms with van der Waals surface area (Å²) in [5, 5.41) is 2.77. The SMILES string of the molecule is CNC(c1ccc(Cl)s1)c1cc(F)ccc1C(F)(F)F. The van der Waals surface area contributed by atoms with Crippen molar-refractivity contribution in [2.75, 3.05) is 7.05 Å². The molecule has 0 aliphatic rings. The number of hydrogen-bond acceptors (Lipinski definition) is 2. The Labute approximate surface area is 122 Å². The summed E-state index contributed by atoms with van der Waals surface area (Å²) in [4.78, 5) is 0.591. The van der Waals surface area contributed by atoms with Gasteiger partial charge < -0.3 is 5.32 Å². The second kappa shape index (κ2) is 5.71. The van der Waals surface area contributed by atoms with Gasteiger partial charge in [0.1, 0.15) is 5.82 Å². The molecule has 1 atom stereocenters. The van der Waals surface area contributed by atoms with Gasteiger partial charge in [-0.25, -0.2) is 4.39 Å². The van der Waals surface area contributed by atoms with Crippen molar-refractivity contribution in [3.63, 3.8) is 0 Å². The third-order valence-electron chi connectivity index (χ3n) is 2.80. The fourth-order valence-electron chi connectivity index (χ4n) is 1.97. The first-order valence-corrected chi connectivity index (χ1v) is 6.81. The molecule has 20 heavy (non-hydrogen) atoms. The third kappa shape index (κ3) is 3.13. The van der Waals surface area contributed by atoms with Crippen LogP contribution in [0.4, 0.5) is 17.6 Å². The van der Waals surface area contributed by atoms with Crippen molar-refractivity contribution in [1.29, 1.82) is 0 Å². The van der Waals surface area contributed by atoms with Crippen LogP contribution in [0.5, 0.6) is 0 Å². The van der Waals surface area contributed by atoms with E-state index in [1.807, 2.05) is 0 Å². The minimum atomic E-state index is -4.54. The molecule has 1 aromatic carbocycles. The summed E-state index contributed by atoms with van der Waals surface area (Å²) in [6.07, 6.45) is -4.54. The maximum absolute atomic E-state index is 13.3. The van der Waals surface area contributed by atoms with Crippen molar-refractivity contribution in [1.82, 2.24) is 5.32 Å². The first-order chi connectivity index (χ1) is 9.32. The molecule has 2 rings (SSSR count). The molecule has 0 bridgehead atoms. The monoisotopic (exact) mass is 323 g/mol. The number of thiophene rings is 1. The van der Waals surface area contributed by atoms with Gasteiger partial charge in [0, 0.05) is 4.88 Å². The van der Waals surface area contributed by atoms with Gasteiger partial charge in [0.15, 0.2) is 0 Å². The Morgan fingerprint density at radius 1 is 1.20 bits per heavy atom. The average Bonchev–Trinajstić information content (AvgIpc) is 2.75. The lowest BCUT2D eigenvalue weighted by Gasteiger charge is -2.20.